The highest BCUT2D eigenvalue weighted by Crippen LogP contribution is 2.50. The van der Waals surface area contributed by atoms with Gasteiger partial charge in [0.2, 0.25) is 0 Å². The highest BCUT2D eigenvalue weighted by atomic mass is 35.6. The smallest absolute Gasteiger partial charge is 0.282 e. The molecule has 1 saturated carbocycles. The number of amides is 1. The molecule has 142 valence electrons. The van der Waals surface area contributed by atoms with Crippen LogP contribution in [0.2, 0.25) is 0 Å². The van der Waals surface area contributed by atoms with Crippen molar-refractivity contribution < 1.29 is 9.53 Å². The maximum Gasteiger partial charge on any atom is 0.282 e. The van der Waals surface area contributed by atoms with Crippen molar-refractivity contribution in [3.8, 4) is 0 Å². The van der Waals surface area contributed by atoms with Crippen molar-refractivity contribution in [1.29, 1.82) is 0 Å². The molecule has 2 aliphatic rings. The Balaban J connectivity index is 2.28. The number of halogens is 3. The van der Waals surface area contributed by atoms with Gasteiger partial charge in [0.1, 0.15) is 6.61 Å². The Morgan fingerprint density at radius 3 is 2.32 bits per heavy atom. The first-order valence-electron chi connectivity index (χ1n) is 8.71. The number of alkyl halides is 3. The molecule has 0 bridgehead atoms. The Labute approximate surface area is 166 Å². The molecule has 3 nitrogen and oxygen atoms in total. The highest BCUT2D eigenvalue weighted by molar-refractivity contribution is 6.76. The minimum Gasteiger partial charge on any atom is -0.476 e. The lowest BCUT2D eigenvalue weighted by atomic mass is 9.73. The van der Waals surface area contributed by atoms with Crippen LogP contribution in [0, 0.1) is 17.3 Å². The second-order valence-corrected chi connectivity index (χ2v) is 10.8. The predicted octanol–water partition coefficient (Wildman–Crippen LogP) is 5.85. The molecule has 2 rings (SSSR count). The number of hydrogen-bond donors (Lipinski definition) is 0. The summed E-state index contributed by atoms with van der Waals surface area (Å²) in [5.41, 5.74) is 0.994. The Kier molecular flexibility index (Phi) is 5.84. The van der Waals surface area contributed by atoms with Crippen molar-refractivity contribution in [3.63, 3.8) is 0 Å². The van der Waals surface area contributed by atoms with Crippen LogP contribution in [0.25, 0.3) is 0 Å². The van der Waals surface area contributed by atoms with Gasteiger partial charge in [-0.1, -0.05) is 67.2 Å². The molecule has 0 aromatic rings. The Morgan fingerprint density at radius 2 is 1.84 bits per heavy atom. The van der Waals surface area contributed by atoms with Gasteiger partial charge in [-0.25, -0.2) is 0 Å². The van der Waals surface area contributed by atoms with Crippen LogP contribution in [0.4, 0.5) is 0 Å². The molecule has 1 saturated heterocycles. The van der Waals surface area contributed by atoms with E-state index in [-0.39, 0.29) is 5.41 Å². The van der Waals surface area contributed by atoms with Crippen molar-refractivity contribution >= 4 is 40.7 Å². The van der Waals surface area contributed by atoms with Gasteiger partial charge in [-0.2, -0.15) is 0 Å². The number of carbonyl (C=O) groups is 1. The molecule has 0 N–H and O–H groups in total. The fourth-order valence-corrected chi connectivity index (χ4v) is 4.19. The largest absolute Gasteiger partial charge is 0.476 e. The zero-order valence-electron chi connectivity index (χ0n) is 15.8. The van der Waals surface area contributed by atoms with E-state index in [2.05, 4.69) is 27.7 Å². The zero-order valence-corrected chi connectivity index (χ0v) is 18.1. The quantitative estimate of drug-likeness (QED) is 0.536. The molecular weight excluding hydrogens is 381 g/mol. The Morgan fingerprint density at radius 1 is 1.24 bits per heavy atom. The first-order valence-corrected chi connectivity index (χ1v) is 9.84. The number of ether oxygens (including phenoxy) is 1. The summed E-state index contributed by atoms with van der Waals surface area (Å²) in [5.74, 6) is 1.06. The molecule has 0 radical (unpaired) electrons. The predicted molar refractivity (Wildman–Crippen MR) is 105 cm³/mol. The van der Waals surface area contributed by atoms with Crippen LogP contribution in [0.15, 0.2) is 23.6 Å². The summed E-state index contributed by atoms with van der Waals surface area (Å²) in [7, 11) is 0. The minimum atomic E-state index is -2.01. The van der Waals surface area contributed by atoms with E-state index in [4.69, 9.17) is 39.5 Å². The maximum absolute atomic E-state index is 12.5. The van der Waals surface area contributed by atoms with Crippen molar-refractivity contribution in [2.75, 3.05) is 6.61 Å². The normalized spacial score (nSPS) is 30.7. The summed E-state index contributed by atoms with van der Waals surface area (Å²) >= 11 is 17.5. The average molecular weight is 409 g/mol. The average Bonchev–Trinajstić information content (AvgIpc) is 2.91. The number of carbonyl (C=O) groups excluding carboxylic acids is 1. The molecule has 1 aliphatic heterocycles. The molecule has 25 heavy (non-hydrogen) atoms. The van der Waals surface area contributed by atoms with Crippen LogP contribution in [0.1, 0.15) is 54.4 Å². The van der Waals surface area contributed by atoms with E-state index in [0.717, 1.165) is 0 Å². The third kappa shape index (κ3) is 4.14. The van der Waals surface area contributed by atoms with E-state index in [1.54, 1.807) is 0 Å². The van der Waals surface area contributed by atoms with E-state index in [9.17, 15) is 4.79 Å². The van der Waals surface area contributed by atoms with Crippen molar-refractivity contribution in [2.45, 2.75) is 63.7 Å². The molecule has 6 heteroatoms. The van der Waals surface area contributed by atoms with E-state index in [1.165, 1.54) is 23.3 Å². The number of hydrogen-bond acceptors (Lipinski definition) is 2. The first-order chi connectivity index (χ1) is 11.3. The van der Waals surface area contributed by atoms with Gasteiger partial charge in [-0.05, 0) is 56.9 Å². The maximum atomic E-state index is 12.5. The minimum absolute atomic E-state index is 0.266. The van der Waals surface area contributed by atoms with Crippen molar-refractivity contribution in [3.05, 3.63) is 23.6 Å². The lowest BCUT2D eigenvalue weighted by molar-refractivity contribution is -0.131. The third-order valence-electron chi connectivity index (χ3n) is 5.94. The summed E-state index contributed by atoms with van der Waals surface area (Å²) in [6.07, 6.45) is 6.29. The van der Waals surface area contributed by atoms with Gasteiger partial charge in [-0.3, -0.25) is 9.69 Å². The number of allylic oxidation sites excluding steroid dienone is 3. The van der Waals surface area contributed by atoms with Crippen molar-refractivity contribution in [2.24, 2.45) is 17.3 Å². The van der Waals surface area contributed by atoms with Crippen LogP contribution in [0.3, 0.4) is 0 Å². The topological polar surface area (TPSA) is 29.5 Å². The molecule has 0 unspecified atom stereocenters. The number of rotatable bonds is 2. The monoisotopic (exact) mass is 407 g/mol. The van der Waals surface area contributed by atoms with Gasteiger partial charge in [0, 0.05) is 0 Å². The van der Waals surface area contributed by atoms with Gasteiger partial charge < -0.3 is 4.74 Å². The van der Waals surface area contributed by atoms with Crippen LogP contribution in [-0.2, 0) is 9.53 Å². The van der Waals surface area contributed by atoms with Crippen LogP contribution >= 0.6 is 34.8 Å². The first kappa shape index (κ1) is 20.9. The van der Waals surface area contributed by atoms with Crippen LogP contribution in [0.5, 0.6) is 0 Å². The third-order valence-corrected chi connectivity index (χ3v) is 6.42. The highest BCUT2D eigenvalue weighted by Gasteiger charge is 2.48. The van der Waals surface area contributed by atoms with Gasteiger partial charge >= 0.3 is 0 Å². The van der Waals surface area contributed by atoms with Gasteiger partial charge in [0.25, 0.3) is 9.70 Å². The fraction of sp³-hybridized carbons (Fsp3) is 0.737. The second kappa shape index (κ2) is 6.98. The summed E-state index contributed by atoms with van der Waals surface area (Å²) in [4.78, 5) is 14.0. The molecule has 2 fully saturated rings. The molecule has 2 atom stereocenters. The fourth-order valence-electron chi connectivity index (χ4n) is 3.94. The van der Waals surface area contributed by atoms with Gasteiger partial charge in [0.15, 0.2) is 5.88 Å². The van der Waals surface area contributed by atoms with E-state index < -0.39 is 15.2 Å². The molecule has 0 aromatic carbocycles. The summed E-state index contributed by atoms with van der Waals surface area (Å²) in [6, 6.07) is 0. The molecular formula is C19H28Cl3NO2. The van der Waals surface area contributed by atoms with Crippen LogP contribution < -0.4 is 0 Å². The SMILES string of the molecule is C/C(=C\C=C1/OCC(C)(C)N1C(=O)C(Cl)(Cl)Cl)[C@H]1CC[C@@H](C)C1(C)C. The number of nitrogens with zero attached hydrogens (tertiary/aromatic N) is 1. The second-order valence-electron chi connectivity index (χ2n) is 8.51. The van der Waals surface area contributed by atoms with E-state index in [1.807, 2.05) is 26.0 Å². The van der Waals surface area contributed by atoms with Gasteiger partial charge in [-0.15, -0.1) is 0 Å². The van der Waals surface area contributed by atoms with Crippen LogP contribution in [-0.4, -0.2) is 26.7 Å². The summed E-state index contributed by atoms with van der Waals surface area (Å²) in [5, 5.41) is 0. The summed E-state index contributed by atoms with van der Waals surface area (Å²) < 4.78 is 3.72. The lowest BCUT2D eigenvalue weighted by Gasteiger charge is -2.32. The lowest BCUT2D eigenvalue weighted by Crippen LogP contribution is -2.48. The molecule has 1 aliphatic carbocycles. The molecule has 1 heterocycles. The Bertz CT molecular complexity index is 602. The van der Waals surface area contributed by atoms with E-state index in [0.29, 0.717) is 24.3 Å². The van der Waals surface area contributed by atoms with E-state index >= 15 is 0 Å². The molecule has 0 spiro atoms. The van der Waals surface area contributed by atoms with Gasteiger partial charge in [0.05, 0.1) is 5.54 Å². The zero-order chi connectivity index (χ0) is 19.2. The summed E-state index contributed by atoms with van der Waals surface area (Å²) in [6.45, 7) is 13.3. The Hall–Kier alpha value is -0.380. The molecule has 0 aromatic heterocycles. The molecule has 1 amide bonds. The van der Waals surface area contributed by atoms with Crippen molar-refractivity contribution in [1.82, 2.24) is 4.90 Å². The standard InChI is InChI=1S/C19H28Cl3NO2/c1-12(14-9-8-13(2)18(14,5)6)7-10-15-23(16(24)19(20,21)22)17(3,4)11-25-15/h7,10,13-14H,8-9,11H2,1-6H3/b12-7+,15-10-/t13-,14-/m1/s1.